The quantitative estimate of drug-likeness (QED) is 0.778. The predicted octanol–water partition coefficient (Wildman–Crippen LogP) is 1.59. The van der Waals surface area contributed by atoms with Gasteiger partial charge in [-0.3, -0.25) is 9.69 Å². The zero-order valence-corrected chi connectivity index (χ0v) is 10.6. The van der Waals surface area contributed by atoms with Crippen LogP contribution < -0.4 is 0 Å². The summed E-state index contributed by atoms with van der Waals surface area (Å²) >= 11 is 0. The number of aliphatic carboxylic acids is 1. The van der Waals surface area contributed by atoms with Crippen molar-refractivity contribution in [1.82, 2.24) is 4.90 Å². The molecule has 1 aliphatic rings. The maximum atomic E-state index is 11.1. The van der Waals surface area contributed by atoms with Gasteiger partial charge in [0.05, 0.1) is 12.2 Å². The van der Waals surface area contributed by atoms with Gasteiger partial charge in [-0.05, 0) is 19.8 Å². The van der Waals surface area contributed by atoms with Gasteiger partial charge < -0.3 is 9.84 Å². The first-order valence-electron chi connectivity index (χ1n) is 6.02. The molecule has 0 spiro atoms. The molecule has 0 aromatic heterocycles. The number of carbonyl (C=O) groups is 1. The molecule has 1 saturated heterocycles. The molecule has 0 aromatic rings. The fraction of sp³-hybridized carbons (Fsp3) is 0.917. The smallest absolute Gasteiger partial charge is 0.321 e. The summed E-state index contributed by atoms with van der Waals surface area (Å²) in [5.74, 6) is -0.241. The standard InChI is InChI=1S/C12H23NO3/c1-8(2)6-13-7-10(16-9(3)4)5-11(13)12(14)15/h8-11H,5-7H2,1-4H3,(H,14,15)/t10-,11-/m1/s1. The number of hydrogen-bond acceptors (Lipinski definition) is 3. The third kappa shape index (κ3) is 3.76. The molecule has 0 amide bonds. The lowest BCUT2D eigenvalue weighted by atomic mass is 10.1. The van der Waals surface area contributed by atoms with Crippen molar-refractivity contribution in [1.29, 1.82) is 0 Å². The Kier molecular flexibility index (Phi) is 4.74. The maximum absolute atomic E-state index is 11.1. The molecule has 1 N–H and O–H groups in total. The van der Waals surface area contributed by atoms with Crippen molar-refractivity contribution in [2.75, 3.05) is 13.1 Å². The van der Waals surface area contributed by atoms with Gasteiger partial charge in [-0.2, -0.15) is 0 Å². The summed E-state index contributed by atoms with van der Waals surface area (Å²) in [6.45, 7) is 9.76. The molecule has 16 heavy (non-hydrogen) atoms. The Bertz CT molecular complexity index is 240. The zero-order chi connectivity index (χ0) is 12.3. The van der Waals surface area contributed by atoms with Crippen molar-refractivity contribution in [3.8, 4) is 0 Å². The van der Waals surface area contributed by atoms with E-state index in [0.29, 0.717) is 12.3 Å². The highest BCUT2D eigenvalue weighted by Gasteiger charge is 2.37. The highest BCUT2D eigenvalue weighted by molar-refractivity contribution is 5.74. The molecule has 0 unspecified atom stereocenters. The molecule has 1 fully saturated rings. The second-order valence-electron chi connectivity index (χ2n) is 5.24. The van der Waals surface area contributed by atoms with E-state index in [2.05, 4.69) is 13.8 Å². The molecule has 4 heteroatoms. The SMILES string of the molecule is CC(C)CN1C[C@H](OC(C)C)C[C@@H]1C(=O)O. The van der Waals surface area contributed by atoms with Gasteiger partial charge in [-0.15, -0.1) is 0 Å². The minimum atomic E-state index is -0.726. The summed E-state index contributed by atoms with van der Waals surface area (Å²) in [5.41, 5.74) is 0. The third-order valence-electron chi connectivity index (χ3n) is 2.71. The second-order valence-corrected chi connectivity index (χ2v) is 5.24. The Morgan fingerprint density at radius 2 is 2.06 bits per heavy atom. The largest absolute Gasteiger partial charge is 0.480 e. The van der Waals surface area contributed by atoms with Crippen LogP contribution in [-0.4, -0.2) is 47.3 Å². The Morgan fingerprint density at radius 1 is 1.44 bits per heavy atom. The minimum Gasteiger partial charge on any atom is -0.480 e. The highest BCUT2D eigenvalue weighted by Crippen LogP contribution is 2.22. The molecule has 4 nitrogen and oxygen atoms in total. The molecular formula is C12H23NO3. The molecule has 0 bridgehead atoms. The van der Waals surface area contributed by atoms with E-state index < -0.39 is 5.97 Å². The van der Waals surface area contributed by atoms with E-state index in [4.69, 9.17) is 9.84 Å². The van der Waals surface area contributed by atoms with Crippen molar-refractivity contribution in [2.24, 2.45) is 5.92 Å². The monoisotopic (exact) mass is 229 g/mol. The Hall–Kier alpha value is -0.610. The van der Waals surface area contributed by atoms with E-state index >= 15 is 0 Å². The molecule has 0 radical (unpaired) electrons. The van der Waals surface area contributed by atoms with Gasteiger partial charge in [-0.1, -0.05) is 13.8 Å². The Balaban J connectivity index is 2.57. The van der Waals surface area contributed by atoms with E-state index in [1.807, 2.05) is 18.7 Å². The predicted molar refractivity (Wildman–Crippen MR) is 62.5 cm³/mol. The zero-order valence-electron chi connectivity index (χ0n) is 10.6. The van der Waals surface area contributed by atoms with Crippen molar-refractivity contribution in [3.05, 3.63) is 0 Å². The number of rotatable bonds is 5. The summed E-state index contributed by atoms with van der Waals surface area (Å²) in [7, 11) is 0. The fourth-order valence-corrected chi connectivity index (χ4v) is 2.27. The molecule has 0 aromatic carbocycles. The van der Waals surface area contributed by atoms with E-state index in [1.54, 1.807) is 0 Å². The first kappa shape index (κ1) is 13.5. The Morgan fingerprint density at radius 3 is 2.50 bits per heavy atom. The normalized spacial score (nSPS) is 26.9. The number of likely N-dealkylation sites (tertiary alicyclic amines) is 1. The second kappa shape index (κ2) is 5.64. The summed E-state index contributed by atoms with van der Waals surface area (Å²) in [6, 6.07) is -0.369. The van der Waals surface area contributed by atoms with Crippen LogP contribution in [0.2, 0.25) is 0 Å². The molecular weight excluding hydrogens is 206 g/mol. The van der Waals surface area contributed by atoms with Crippen LogP contribution in [0.3, 0.4) is 0 Å². The van der Waals surface area contributed by atoms with Crippen LogP contribution >= 0.6 is 0 Å². The first-order valence-corrected chi connectivity index (χ1v) is 6.02. The van der Waals surface area contributed by atoms with Gasteiger partial charge in [0.2, 0.25) is 0 Å². The fourth-order valence-electron chi connectivity index (χ4n) is 2.27. The summed E-state index contributed by atoms with van der Waals surface area (Å²) in [5, 5.41) is 9.15. The van der Waals surface area contributed by atoms with Gasteiger partial charge in [0, 0.05) is 19.5 Å². The molecule has 2 atom stereocenters. The number of nitrogens with zero attached hydrogens (tertiary/aromatic N) is 1. The number of carboxylic acid groups (broad SMARTS) is 1. The molecule has 0 saturated carbocycles. The minimum absolute atomic E-state index is 0.0693. The van der Waals surface area contributed by atoms with E-state index in [9.17, 15) is 4.79 Å². The first-order chi connectivity index (χ1) is 7.40. The maximum Gasteiger partial charge on any atom is 0.321 e. The van der Waals surface area contributed by atoms with Crippen LogP contribution in [0.4, 0.5) is 0 Å². The molecule has 1 aliphatic heterocycles. The van der Waals surface area contributed by atoms with Gasteiger partial charge in [0.25, 0.3) is 0 Å². The van der Waals surface area contributed by atoms with E-state index in [-0.39, 0.29) is 18.2 Å². The van der Waals surface area contributed by atoms with Crippen LogP contribution in [0.25, 0.3) is 0 Å². The lowest BCUT2D eigenvalue weighted by Gasteiger charge is -2.22. The van der Waals surface area contributed by atoms with Crippen LogP contribution in [0.15, 0.2) is 0 Å². The van der Waals surface area contributed by atoms with Crippen molar-refractivity contribution >= 4 is 5.97 Å². The average Bonchev–Trinajstić information content (AvgIpc) is 2.45. The average molecular weight is 229 g/mol. The number of ether oxygens (including phenoxy) is 1. The van der Waals surface area contributed by atoms with Crippen LogP contribution in [0.5, 0.6) is 0 Å². The van der Waals surface area contributed by atoms with Crippen LogP contribution in [0.1, 0.15) is 34.1 Å². The van der Waals surface area contributed by atoms with Gasteiger partial charge in [0.15, 0.2) is 0 Å². The Labute approximate surface area is 97.6 Å². The van der Waals surface area contributed by atoms with E-state index in [0.717, 1.165) is 13.1 Å². The molecule has 0 aliphatic carbocycles. The molecule has 94 valence electrons. The topological polar surface area (TPSA) is 49.8 Å². The summed E-state index contributed by atoms with van der Waals surface area (Å²) < 4.78 is 5.70. The van der Waals surface area contributed by atoms with Crippen LogP contribution in [0, 0.1) is 5.92 Å². The van der Waals surface area contributed by atoms with Gasteiger partial charge in [0.1, 0.15) is 6.04 Å². The lowest BCUT2D eigenvalue weighted by Crippen LogP contribution is -2.38. The van der Waals surface area contributed by atoms with Crippen LogP contribution in [-0.2, 0) is 9.53 Å². The molecule has 1 rings (SSSR count). The highest BCUT2D eigenvalue weighted by atomic mass is 16.5. The van der Waals surface area contributed by atoms with Crippen molar-refractivity contribution in [3.63, 3.8) is 0 Å². The summed E-state index contributed by atoms with van der Waals surface area (Å²) in [4.78, 5) is 13.2. The third-order valence-corrected chi connectivity index (χ3v) is 2.71. The summed E-state index contributed by atoms with van der Waals surface area (Å²) in [6.07, 6.45) is 0.846. The van der Waals surface area contributed by atoms with Gasteiger partial charge in [-0.25, -0.2) is 0 Å². The van der Waals surface area contributed by atoms with Gasteiger partial charge >= 0.3 is 5.97 Å². The molecule has 1 heterocycles. The number of hydrogen-bond donors (Lipinski definition) is 1. The van der Waals surface area contributed by atoms with E-state index in [1.165, 1.54) is 0 Å². The van der Waals surface area contributed by atoms with Crippen molar-refractivity contribution < 1.29 is 14.6 Å². The lowest BCUT2D eigenvalue weighted by molar-refractivity contribution is -0.142. The van der Waals surface area contributed by atoms with Crippen molar-refractivity contribution in [2.45, 2.75) is 52.4 Å². The number of carboxylic acids is 1.